The van der Waals surface area contributed by atoms with E-state index in [2.05, 4.69) is 33.0 Å². The molecule has 3 aromatic rings. The number of nitrogens with one attached hydrogen (secondary N) is 1. The summed E-state index contributed by atoms with van der Waals surface area (Å²) in [5.41, 5.74) is 1.54. The molecule has 0 atom stereocenters. The second kappa shape index (κ2) is 6.96. The molecule has 5 nitrogen and oxygen atoms in total. The summed E-state index contributed by atoms with van der Waals surface area (Å²) >= 11 is 2.16. The SMILES string of the molecule is Cc1cc(=O)c(C(=O)Nc2cccc(I)c2)nn1-c1ccccc1. The number of hydrogen-bond acceptors (Lipinski definition) is 3. The monoisotopic (exact) mass is 431 g/mol. The van der Waals surface area contributed by atoms with Crippen LogP contribution in [0.5, 0.6) is 0 Å². The maximum absolute atomic E-state index is 12.5. The Morgan fingerprint density at radius 3 is 2.54 bits per heavy atom. The molecule has 0 spiro atoms. The van der Waals surface area contributed by atoms with Crippen molar-refractivity contribution in [3.63, 3.8) is 0 Å². The lowest BCUT2D eigenvalue weighted by Gasteiger charge is -2.11. The van der Waals surface area contributed by atoms with Gasteiger partial charge in [0.05, 0.1) is 5.69 Å². The lowest BCUT2D eigenvalue weighted by molar-refractivity contribution is 0.101. The Bertz CT molecular complexity index is 952. The summed E-state index contributed by atoms with van der Waals surface area (Å²) in [6.45, 7) is 1.78. The van der Waals surface area contributed by atoms with Gasteiger partial charge in [0, 0.05) is 21.0 Å². The van der Waals surface area contributed by atoms with Crippen LogP contribution in [0, 0.1) is 10.5 Å². The van der Waals surface area contributed by atoms with Crippen molar-refractivity contribution in [2.24, 2.45) is 0 Å². The molecule has 1 N–H and O–H groups in total. The van der Waals surface area contributed by atoms with Crippen molar-refractivity contribution in [1.29, 1.82) is 0 Å². The molecule has 0 radical (unpaired) electrons. The molecule has 24 heavy (non-hydrogen) atoms. The second-order valence-electron chi connectivity index (χ2n) is 5.21. The fourth-order valence-corrected chi connectivity index (χ4v) is 2.83. The highest BCUT2D eigenvalue weighted by molar-refractivity contribution is 14.1. The van der Waals surface area contributed by atoms with Gasteiger partial charge in [0.2, 0.25) is 5.43 Å². The Morgan fingerprint density at radius 2 is 1.83 bits per heavy atom. The third-order valence-corrected chi connectivity index (χ3v) is 4.08. The van der Waals surface area contributed by atoms with Gasteiger partial charge < -0.3 is 5.32 Å². The van der Waals surface area contributed by atoms with Crippen LogP contribution >= 0.6 is 22.6 Å². The zero-order chi connectivity index (χ0) is 17.1. The minimum Gasteiger partial charge on any atom is -0.320 e. The first-order chi connectivity index (χ1) is 11.5. The normalized spacial score (nSPS) is 10.4. The van der Waals surface area contributed by atoms with Gasteiger partial charge in [-0.1, -0.05) is 24.3 Å². The first-order valence-electron chi connectivity index (χ1n) is 7.28. The van der Waals surface area contributed by atoms with E-state index in [9.17, 15) is 9.59 Å². The van der Waals surface area contributed by atoms with Crippen molar-refractivity contribution < 1.29 is 4.79 Å². The van der Waals surface area contributed by atoms with Crippen molar-refractivity contribution in [2.75, 3.05) is 5.32 Å². The molecule has 0 saturated heterocycles. The molecule has 6 heteroatoms. The molecule has 0 aliphatic rings. The number of nitrogens with zero attached hydrogens (tertiary/aromatic N) is 2. The number of aryl methyl sites for hydroxylation is 1. The number of carbonyl (C=O) groups excluding carboxylic acids is 1. The second-order valence-corrected chi connectivity index (χ2v) is 6.46. The number of anilines is 1. The molecule has 1 amide bonds. The van der Waals surface area contributed by atoms with Crippen LogP contribution in [-0.2, 0) is 0 Å². The van der Waals surface area contributed by atoms with E-state index >= 15 is 0 Å². The summed E-state index contributed by atoms with van der Waals surface area (Å²) < 4.78 is 2.58. The molecule has 2 aromatic carbocycles. The van der Waals surface area contributed by atoms with Gasteiger partial charge in [0.15, 0.2) is 5.69 Å². The van der Waals surface area contributed by atoms with Crippen molar-refractivity contribution >= 4 is 34.2 Å². The van der Waals surface area contributed by atoms with E-state index in [4.69, 9.17) is 0 Å². The van der Waals surface area contributed by atoms with Crippen LogP contribution < -0.4 is 10.7 Å². The molecule has 1 aromatic heterocycles. The largest absolute Gasteiger partial charge is 0.320 e. The minimum absolute atomic E-state index is 0.136. The van der Waals surface area contributed by atoms with Crippen LogP contribution in [0.15, 0.2) is 65.5 Å². The molecular weight excluding hydrogens is 417 g/mol. The molecule has 0 bridgehead atoms. The third-order valence-electron chi connectivity index (χ3n) is 3.41. The van der Waals surface area contributed by atoms with Gasteiger partial charge in [0.25, 0.3) is 5.91 Å². The zero-order valence-corrected chi connectivity index (χ0v) is 15.0. The predicted octanol–water partition coefficient (Wildman–Crippen LogP) is 3.40. The summed E-state index contributed by atoms with van der Waals surface area (Å²) in [5, 5.41) is 6.97. The van der Waals surface area contributed by atoms with Crippen LogP contribution in [0.4, 0.5) is 5.69 Å². The van der Waals surface area contributed by atoms with Gasteiger partial charge in [-0.15, -0.1) is 0 Å². The maximum Gasteiger partial charge on any atom is 0.280 e. The Balaban J connectivity index is 1.99. The first kappa shape index (κ1) is 16.4. The lowest BCUT2D eigenvalue weighted by Crippen LogP contribution is -2.26. The number of para-hydroxylation sites is 1. The zero-order valence-electron chi connectivity index (χ0n) is 12.9. The van der Waals surface area contributed by atoms with Crippen LogP contribution in [0.25, 0.3) is 5.69 Å². The summed E-state index contributed by atoms with van der Waals surface area (Å²) in [5.74, 6) is -0.522. The van der Waals surface area contributed by atoms with Crippen molar-refractivity contribution in [1.82, 2.24) is 9.78 Å². The van der Waals surface area contributed by atoms with Crippen molar-refractivity contribution in [3.05, 3.63) is 85.8 Å². The van der Waals surface area contributed by atoms with E-state index < -0.39 is 11.3 Å². The fourth-order valence-electron chi connectivity index (χ4n) is 2.29. The van der Waals surface area contributed by atoms with Crippen LogP contribution in [0.1, 0.15) is 16.2 Å². The average Bonchev–Trinajstić information content (AvgIpc) is 2.55. The van der Waals surface area contributed by atoms with E-state index in [0.29, 0.717) is 11.4 Å². The van der Waals surface area contributed by atoms with Gasteiger partial charge in [-0.3, -0.25) is 9.59 Å². The number of halogens is 1. The summed E-state index contributed by atoms with van der Waals surface area (Å²) in [6.07, 6.45) is 0. The van der Waals surface area contributed by atoms with E-state index in [1.165, 1.54) is 6.07 Å². The maximum atomic E-state index is 12.5. The van der Waals surface area contributed by atoms with Gasteiger partial charge >= 0.3 is 0 Å². The summed E-state index contributed by atoms with van der Waals surface area (Å²) in [7, 11) is 0. The summed E-state index contributed by atoms with van der Waals surface area (Å²) in [4.78, 5) is 24.6. The number of benzene rings is 2. The van der Waals surface area contributed by atoms with E-state index in [0.717, 1.165) is 9.26 Å². The number of hydrogen-bond donors (Lipinski definition) is 1. The molecule has 120 valence electrons. The number of carbonyl (C=O) groups is 1. The highest BCUT2D eigenvalue weighted by Crippen LogP contribution is 2.13. The first-order valence-corrected chi connectivity index (χ1v) is 8.36. The standard InChI is InChI=1S/C18H14IN3O2/c1-12-10-16(23)17(21-22(12)15-8-3-2-4-9-15)18(24)20-14-7-5-6-13(19)11-14/h2-11H,1H3,(H,20,24). The Kier molecular flexibility index (Phi) is 4.75. The molecule has 3 rings (SSSR count). The minimum atomic E-state index is -0.522. The quantitative estimate of drug-likeness (QED) is 0.647. The Labute approximate surface area is 152 Å². The Morgan fingerprint density at radius 1 is 1.08 bits per heavy atom. The van der Waals surface area contributed by atoms with Gasteiger partial charge in [0.1, 0.15) is 0 Å². The molecule has 0 aliphatic carbocycles. The molecule has 0 unspecified atom stereocenters. The number of aromatic nitrogens is 2. The Hall–Kier alpha value is -2.48. The van der Waals surface area contributed by atoms with E-state index in [1.807, 2.05) is 48.5 Å². The van der Waals surface area contributed by atoms with Gasteiger partial charge in [-0.25, -0.2) is 4.68 Å². The van der Waals surface area contributed by atoms with Crippen LogP contribution in [0.3, 0.4) is 0 Å². The van der Waals surface area contributed by atoms with Crippen molar-refractivity contribution in [3.8, 4) is 5.69 Å². The van der Waals surface area contributed by atoms with E-state index in [-0.39, 0.29) is 5.69 Å². The summed E-state index contributed by atoms with van der Waals surface area (Å²) in [6, 6.07) is 18.1. The average molecular weight is 431 g/mol. The third kappa shape index (κ3) is 3.53. The fraction of sp³-hybridized carbons (Fsp3) is 0.0556. The number of rotatable bonds is 3. The van der Waals surface area contributed by atoms with Crippen LogP contribution in [-0.4, -0.2) is 15.7 Å². The lowest BCUT2D eigenvalue weighted by atomic mass is 10.2. The molecule has 0 saturated carbocycles. The van der Waals surface area contributed by atoms with Gasteiger partial charge in [-0.05, 0) is 59.8 Å². The van der Waals surface area contributed by atoms with Crippen LogP contribution in [0.2, 0.25) is 0 Å². The van der Waals surface area contributed by atoms with Crippen molar-refractivity contribution in [2.45, 2.75) is 6.92 Å². The number of amides is 1. The van der Waals surface area contributed by atoms with E-state index in [1.54, 1.807) is 17.7 Å². The highest BCUT2D eigenvalue weighted by Gasteiger charge is 2.15. The van der Waals surface area contributed by atoms with Gasteiger partial charge in [-0.2, -0.15) is 5.10 Å². The molecule has 1 heterocycles. The predicted molar refractivity (Wildman–Crippen MR) is 102 cm³/mol. The highest BCUT2D eigenvalue weighted by atomic mass is 127. The topological polar surface area (TPSA) is 64.0 Å². The smallest absolute Gasteiger partial charge is 0.280 e. The molecular formula is C18H14IN3O2. The molecule has 0 aliphatic heterocycles. The molecule has 0 fully saturated rings.